The van der Waals surface area contributed by atoms with Crippen molar-refractivity contribution in [1.29, 1.82) is 0 Å². The molecule has 0 saturated heterocycles. The van der Waals surface area contributed by atoms with Crippen LogP contribution in [0.3, 0.4) is 0 Å². The monoisotopic (exact) mass is 378 g/mol. The minimum absolute atomic E-state index is 0.0573. The zero-order valence-corrected chi connectivity index (χ0v) is 17.3. The lowest BCUT2D eigenvalue weighted by molar-refractivity contribution is -0.120. The first-order valence-corrected chi connectivity index (χ1v) is 10.0. The smallest absolute Gasteiger partial charge is 0.236 e. The Morgan fingerprint density at radius 3 is 2.36 bits per heavy atom. The van der Waals surface area contributed by atoms with Crippen LogP contribution in [0.1, 0.15) is 33.3 Å². The number of benzene rings is 2. The molecule has 0 radical (unpaired) electrons. The van der Waals surface area contributed by atoms with Gasteiger partial charge < -0.3 is 9.47 Å². The molecule has 5 nitrogen and oxygen atoms in total. The lowest BCUT2D eigenvalue weighted by Crippen LogP contribution is -2.36. The number of para-hydroxylation sites is 2. The summed E-state index contributed by atoms with van der Waals surface area (Å²) in [6.45, 7) is 11.9. The number of fused-ring (bicyclic) bond motifs is 1. The van der Waals surface area contributed by atoms with Gasteiger partial charge in [0.05, 0.1) is 16.4 Å². The molecule has 0 aliphatic rings. The fourth-order valence-electron chi connectivity index (χ4n) is 3.42. The number of hydrogen-bond donors (Lipinski definition) is 1. The number of imidazole rings is 1. The third-order valence-electron chi connectivity index (χ3n) is 5.48. The number of likely N-dealkylation sites (N-methyl/N-ethyl adjacent to an activating group) is 1. The molecule has 0 saturated carbocycles. The Bertz CT molecular complexity index is 926. The average Bonchev–Trinajstić information content (AvgIpc) is 3.06. The van der Waals surface area contributed by atoms with Gasteiger partial charge in [-0.1, -0.05) is 56.3 Å². The minimum Gasteiger partial charge on any atom is -0.309 e. The van der Waals surface area contributed by atoms with E-state index in [0.717, 1.165) is 42.8 Å². The molecule has 0 spiro atoms. The molecule has 3 aromatic rings. The molecule has 2 aromatic carbocycles. The van der Waals surface area contributed by atoms with Gasteiger partial charge in [-0.2, -0.15) is 0 Å². The highest BCUT2D eigenvalue weighted by Gasteiger charge is 2.30. The van der Waals surface area contributed by atoms with Gasteiger partial charge in [0.15, 0.2) is 0 Å². The summed E-state index contributed by atoms with van der Waals surface area (Å²) in [5.74, 6) is 0.556. The highest BCUT2D eigenvalue weighted by molar-refractivity contribution is 5.98. The maximum Gasteiger partial charge on any atom is 0.236 e. The zero-order chi connectivity index (χ0) is 20.1. The summed E-state index contributed by atoms with van der Waals surface area (Å²) in [6.07, 6.45) is 0. The third-order valence-corrected chi connectivity index (χ3v) is 5.48. The average molecular weight is 379 g/mol. The van der Waals surface area contributed by atoms with Crippen molar-refractivity contribution in [1.82, 2.24) is 14.5 Å². The molecule has 0 aliphatic heterocycles. The standard InChI is InChI=1S/C23H30N4O/c1-5-26(6-2)16-17-27-20-15-11-10-14-19(20)24-22(27)25-21(28)23(3,4)18-12-8-7-9-13-18/h7-15H,5-6,16-17H2,1-4H3,(H,24,25,28). The number of rotatable bonds is 8. The molecule has 0 aliphatic carbocycles. The summed E-state index contributed by atoms with van der Waals surface area (Å²) in [4.78, 5) is 20.2. The Kier molecular flexibility index (Phi) is 6.15. The number of nitrogens with one attached hydrogen (secondary N) is 1. The first-order valence-electron chi connectivity index (χ1n) is 10.0. The lowest BCUT2D eigenvalue weighted by atomic mass is 9.84. The Hall–Kier alpha value is -2.66. The zero-order valence-electron chi connectivity index (χ0n) is 17.3. The second kappa shape index (κ2) is 8.57. The summed E-state index contributed by atoms with van der Waals surface area (Å²) in [6, 6.07) is 17.9. The first-order chi connectivity index (χ1) is 13.5. The van der Waals surface area contributed by atoms with Crippen LogP contribution in [-0.4, -0.2) is 40.0 Å². The van der Waals surface area contributed by atoms with Crippen LogP contribution in [0.2, 0.25) is 0 Å². The van der Waals surface area contributed by atoms with Crippen molar-refractivity contribution in [2.24, 2.45) is 0 Å². The summed E-state index contributed by atoms with van der Waals surface area (Å²) in [7, 11) is 0. The van der Waals surface area contributed by atoms with E-state index in [1.165, 1.54) is 0 Å². The topological polar surface area (TPSA) is 50.2 Å². The van der Waals surface area contributed by atoms with Crippen molar-refractivity contribution in [2.75, 3.05) is 25.0 Å². The van der Waals surface area contributed by atoms with Gasteiger partial charge in [0.1, 0.15) is 0 Å². The molecule has 1 aromatic heterocycles. The van der Waals surface area contributed by atoms with E-state index in [2.05, 4.69) is 34.7 Å². The molecule has 1 heterocycles. The van der Waals surface area contributed by atoms with Crippen LogP contribution in [0.4, 0.5) is 5.95 Å². The molecule has 148 valence electrons. The number of amides is 1. The Morgan fingerprint density at radius 2 is 1.68 bits per heavy atom. The lowest BCUT2D eigenvalue weighted by Gasteiger charge is -2.24. The van der Waals surface area contributed by atoms with E-state index in [0.29, 0.717) is 5.95 Å². The van der Waals surface area contributed by atoms with Crippen molar-refractivity contribution in [3.8, 4) is 0 Å². The van der Waals surface area contributed by atoms with Crippen LogP contribution in [-0.2, 0) is 16.8 Å². The van der Waals surface area contributed by atoms with Crippen molar-refractivity contribution in [3.05, 3.63) is 60.2 Å². The molecular weight excluding hydrogens is 348 g/mol. The van der Waals surface area contributed by atoms with Gasteiger partial charge in [-0.05, 0) is 44.6 Å². The van der Waals surface area contributed by atoms with E-state index < -0.39 is 5.41 Å². The fraction of sp³-hybridized carbons (Fsp3) is 0.391. The molecule has 1 amide bonds. The number of anilines is 1. The summed E-state index contributed by atoms with van der Waals surface area (Å²) in [5.41, 5.74) is 2.28. The van der Waals surface area contributed by atoms with Crippen LogP contribution in [0, 0.1) is 0 Å². The van der Waals surface area contributed by atoms with Gasteiger partial charge in [-0.25, -0.2) is 4.98 Å². The first kappa shape index (κ1) is 20.1. The van der Waals surface area contributed by atoms with E-state index in [-0.39, 0.29) is 5.91 Å². The van der Waals surface area contributed by atoms with Gasteiger partial charge in [0.2, 0.25) is 11.9 Å². The van der Waals surface area contributed by atoms with E-state index in [9.17, 15) is 4.79 Å². The highest BCUT2D eigenvalue weighted by atomic mass is 16.2. The van der Waals surface area contributed by atoms with Gasteiger partial charge in [0, 0.05) is 13.1 Å². The molecular formula is C23H30N4O. The minimum atomic E-state index is -0.650. The van der Waals surface area contributed by atoms with E-state index in [1.54, 1.807) is 0 Å². The molecule has 1 N–H and O–H groups in total. The van der Waals surface area contributed by atoms with Crippen LogP contribution < -0.4 is 5.32 Å². The van der Waals surface area contributed by atoms with Gasteiger partial charge in [-0.3, -0.25) is 10.1 Å². The molecule has 3 rings (SSSR count). The van der Waals surface area contributed by atoms with Crippen molar-refractivity contribution in [2.45, 2.75) is 39.7 Å². The van der Waals surface area contributed by atoms with E-state index in [1.807, 2.05) is 62.4 Å². The SMILES string of the molecule is CCN(CC)CCn1c(NC(=O)C(C)(C)c2ccccc2)nc2ccccc21. The molecule has 5 heteroatoms. The predicted molar refractivity (Wildman–Crippen MR) is 116 cm³/mol. The quantitative estimate of drug-likeness (QED) is 0.636. The van der Waals surface area contributed by atoms with Gasteiger partial charge in [-0.15, -0.1) is 0 Å². The number of hydrogen-bond acceptors (Lipinski definition) is 3. The highest BCUT2D eigenvalue weighted by Crippen LogP contribution is 2.26. The van der Waals surface area contributed by atoms with Gasteiger partial charge in [0.25, 0.3) is 0 Å². The third kappa shape index (κ3) is 4.09. The van der Waals surface area contributed by atoms with Crippen LogP contribution >= 0.6 is 0 Å². The van der Waals surface area contributed by atoms with E-state index >= 15 is 0 Å². The molecule has 28 heavy (non-hydrogen) atoms. The Balaban J connectivity index is 1.89. The Morgan fingerprint density at radius 1 is 1.04 bits per heavy atom. The molecule has 0 bridgehead atoms. The van der Waals surface area contributed by atoms with Crippen molar-refractivity contribution >= 4 is 22.9 Å². The Labute approximate surface area is 167 Å². The van der Waals surface area contributed by atoms with Crippen LogP contribution in [0.15, 0.2) is 54.6 Å². The number of carbonyl (C=O) groups is 1. The maximum atomic E-state index is 13.1. The molecule has 0 unspecified atom stereocenters. The second-order valence-corrected chi connectivity index (χ2v) is 7.55. The number of nitrogens with zero attached hydrogens (tertiary/aromatic N) is 3. The summed E-state index contributed by atoms with van der Waals surface area (Å²) in [5, 5.41) is 3.09. The largest absolute Gasteiger partial charge is 0.309 e. The summed E-state index contributed by atoms with van der Waals surface area (Å²) < 4.78 is 2.12. The van der Waals surface area contributed by atoms with Crippen LogP contribution in [0.25, 0.3) is 11.0 Å². The molecule has 0 atom stereocenters. The fourth-order valence-corrected chi connectivity index (χ4v) is 3.42. The predicted octanol–water partition coefficient (Wildman–Crippen LogP) is 4.29. The van der Waals surface area contributed by atoms with Gasteiger partial charge >= 0.3 is 0 Å². The van der Waals surface area contributed by atoms with Crippen molar-refractivity contribution < 1.29 is 4.79 Å². The van der Waals surface area contributed by atoms with Crippen molar-refractivity contribution in [3.63, 3.8) is 0 Å². The second-order valence-electron chi connectivity index (χ2n) is 7.55. The maximum absolute atomic E-state index is 13.1. The number of aromatic nitrogens is 2. The number of carbonyl (C=O) groups excluding carboxylic acids is 1. The normalized spacial score (nSPS) is 11.9. The van der Waals surface area contributed by atoms with Crippen LogP contribution in [0.5, 0.6) is 0 Å². The molecule has 0 fully saturated rings. The van der Waals surface area contributed by atoms with E-state index in [4.69, 9.17) is 4.98 Å². The summed E-state index contributed by atoms with van der Waals surface area (Å²) >= 11 is 0.